The number of nitrogens with zero attached hydrogens (tertiary/aromatic N) is 4. The standard InChI is InChI=1S/C25H36ClN3O10.C24H34ClN3O10.Li.H2O/c1-28(23(31)9-5-6-10-24(32)38-4)13-11-20(39-25(33)27-12-7-8-17(30)16-26)18-14-21(36-2)22(37-3)15-19(18)29(34)35;1-27(22(30)8-4-5-9-23(31)32)12-10-19(38-24(33)26-11-6-7-16(29)15-25)17-13-20(36-2)21(37-3)14-18(17)28(34)35;;/h14-15,20H,5-13,16H2,1-4H3,(H,27,33);13-14,19H,4-12,15H2,1-3H3,(H,26,33)(H,31,32);;1H2/q;;+1;/p-1. The Morgan fingerprint density at radius 1 is 0.570 bits per heavy atom. The monoisotopic (exact) mass is 1160 g/mol. The first-order chi connectivity index (χ1) is 36.6. The van der Waals surface area contributed by atoms with Gasteiger partial charge in [-0.05, 0) is 50.7 Å². The van der Waals surface area contributed by atoms with E-state index in [4.69, 9.17) is 56.7 Å². The zero-order chi connectivity index (χ0) is 58.0. The zero-order valence-corrected chi connectivity index (χ0v) is 47.3. The van der Waals surface area contributed by atoms with E-state index in [9.17, 15) is 58.6 Å². The molecule has 0 aliphatic rings. The van der Waals surface area contributed by atoms with E-state index in [0.29, 0.717) is 38.5 Å². The van der Waals surface area contributed by atoms with E-state index in [0.717, 1.165) is 6.07 Å². The summed E-state index contributed by atoms with van der Waals surface area (Å²) in [5.41, 5.74) is -0.614. The van der Waals surface area contributed by atoms with Gasteiger partial charge >= 0.3 is 43.0 Å². The Labute approximate surface area is 479 Å². The molecule has 2 rings (SSSR count). The van der Waals surface area contributed by atoms with Gasteiger partial charge in [0.15, 0.2) is 23.0 Å². The molecule has 30 heteroatoms. The molecular weight excluding hydrogens is 1090 g/mol. The first-order valence-electron chi connectivity index (χ1n) is 24.2. The van der Waals surface area contributed by atoms with Crippen LogP contribution in [0.2, 0.25) is 0 Å². The van der Waals surface area contributed by atoms with Gasteiger partial charge in [0.1, 0.15) is 23.8 Å². The molecular formula is C49H71Cl2LiN6O21. The van der Waals surface area contributed by atoms with E-state index in [2.05, 4.69) is 15.4 Å². The number of alkyl carbamates (subject to hydrolysis) is 2. The molecule has 0 aliphatic heterocycles. The van der Waals surface area contributed by atoms with Gasteiger partial charge in [-0.15, -0.1) is 23.2 Å². The maximum atomic E-state index is 12.5. The van der Waals surface area contributed by atoms with Crippen LogP contribution in [-0.4, -0.2) is 165 Å². The molecule has 0 radical (unpaired) electrons. The molecule has 0 heterocycles. The van der Waals surface area contributed by atoms with E-state index in [-0.39, 0.29) is 188 Å². The second kappa shape index (κ2) is 41.4. The molecule has 0 fully saturated rings. The Kier molecular flexibility index (Phi) is 39.0. The number of hydrogen-bond donors (Lipinski definition) is 3. The van der Waals surface area contributed by atoms with Gasteiger partial charge in [0.25, 0.3) is 11.4 Å². The molecule has 2 aromatic rings. The number of nitro groups is 2. The summed E-state index contributed by atoms with van der Waals surface area (Å²) < 4.78 is 36.5. The third kappa shape index (κ3) is 28.7. The van der Waals surface area contributed by atoms with Crippen LogP contribution in [0.25, 0.3) is 0 Å². The molecule has 0 aromatic heterocycles. The van der Waals surface area contributed by atoms with Crippen molar-refractivity contribution in [3.8, 4) is 23.0 Å². The molecule has 0 bridgehead atoms. The minimum Gasteiger partial charge on any atom is -0.870 e. The van der Waals surface area contributed by atoms with Gasteiger partial charge in [0.2, 0.25) is 11.8 Å². The fourth-order valence-electron chi connectivity index (χ4n) is 7.04. The molecule has 0 aliphatic carbocycles. The Bertz CT molecular complexity index is 2320. The van der Waals surface area contributed by atoms with Crippen LogP contribution in [0.15, 0.2) is 24.3 Å². The number of nitro benzene ring substituents is 2. The number of carboxylic acids is 1. The molecule has 2 aromatic carbocycles. The normalized spacial score (nSPS) is 10.9. The van der Waals surface area contributed by atoms with E-state index in [1.807, 2.05) is 0 Å². The van der Waals surface area contributed by atoms with E-state index in [1.54, 1.807) is 7.05 Å². The first-order valence-corrected chi connectivity index (χ1v) is 25.3. The van der Waals surface area contributed by atoms with Gasteiger partial charge < -0.3 is 64.2 Å². The molecule has 0 saturated heterocycles. The number of unbranched alkanes of at least 4 members (excludes halogenated alkanes) is 2. The fraction of sp³-hybridized carbons (Fsp3) is 0.592. The quantitative estimate of drug-likeness (QED) is 0.0166. The Balaban J connectivity index is 0. The van der Waals surface area contributed by atoms with Gasteiger partial charge in [-0.2, -0.15) is 0 Å². The number of halogens is 2. The summed E-state index contributed by atoms with van der Waals surface area (Å²) in [7, 11) is 9.79. The predicted molar refractivity (Wildman–Crippen MR) is 280 cm³/mol. The molecule has 79 heavy (non-hydrogen) atoms. The second-order valence-corrected chi connectivity index (χ2v) is 17.4. The van der Waals surface area contributed by atoms with E-state index >= 15 is 0 Å². The molecule has 2 atom stereocenters. The van der Waals surface area contributed by atoms with Crippen molar-refractivity contribution in [1.29, 1.82) is 0 Å². The Hall–Kier alpha value is -6.66. The van der Waals surface area contributed by atoms with E-state index < -0.39 is 40.2 Å². The molecule has 2 unspecified atom stereocenters. The van der Waals surface area contributed by atoms with Crippen LogP contribution in [0.5, 0.6) is 23.0 Å². The number of carbonyl (C=O) groups excluding carboxylic acids is 7. The average molecular weight is 1160 g/mol. The van der Waals surface area contributed by atoms with Gasteiger partial charge in [-0.3, -0.25) is 49.0 Å². The smallest absolute Gasteiger partial charge is 0.870 e. The van der Waals surface area contributed by atoms with Crippen molar-refractivity contribution in [2.24, 2.45) is 0 Å². The van der Waals surface area contributed by atoms with Crippen molar-refractivity contribution in [2.45, 2.75) is 102 Å². The molecule has 0 spiro atoms. The number of aliphatic carboxylic acids is 1. The summed E-state index contributed by atoms with van der Waals surface area (Å²) in [5.74, 6) is -1.69. The number of amides is 4. The number of ketones is 2. The number of rotatable bonds is 36. The van der Waals surface area contributed by atoms with Gasteiger partial charge in [0.05, 0.1) is 80.4 Å². The molecule has 4 N–H and O–H groups in total. The maximum Gasteiger partial charge on any atom is 1.00 e. The second-order valence-electron chi connectivity index (χ2n) is 16.8. The van der Waals surface area contributed by atoms with Crippen molar-refractivity contribution in [1.82, 2.24) is 20.4 Å². The summed E-state index contributed by atoms with van der Waals surface area (Å²) in [6.45, 7) is 0.456. The first kappa shape index (κ1) is 74.4. The predicted octanol–water partition coefficient (Wildman–Crippen LogP) is 3.84. The minimum atomic E-state index is -1.14. The van der Waals surface area contributed by atoms with Crippen LogP contribution in [0, 0.1) is 20.2 Å². The molecule has 4 amide bonds. The number of esters is 1. The minimum absolute atomic E-state index is 0. The SMILES string of the molecule is COC(=O)CCCCC(=O)N(C)CCC(OC(=O)NCCCC(=O)CCl)c1cc(OC)c(OC)cc1[N+](=O)[O-].COc1cc(C(CCN(C)C(=O)CCCCC(=O)O)OC(=O)NCCCC(=O)CCl)c([N+](=O)[O-])cc1OC.[Li+].[OH-]. The van der Waals surface area contributed by atoms with Crippen LogP contribution in [0.1, 0.15) is 113 Å². The fourth-order valence-corrected chi connectivity index (χ4v) is 7.30. The van der Waals surface area contributed by atoms with Crippen LogP contribution >= 0.6 is 23.2 Å². The number of alkyl halides is 2. The third-order valence-corrected chi connectivity index (χ3v) is 11.9. The number of nitrogens with one attached hydrogen (secondary N) is 2. The summed E-state index contributed by atoms with van der Waals surface area (Å²) >= 11 is 10.9. The molecule has 27 nitrogen and oxygen atoms in total. The number of methoxy groups -OCH3 is 5. The van der Waals surface area contributed by atoms with Gasteiger partial charge in [-0.1, -0.05) is 0 Å². The topological polar surface area (TPSA) is 368 Å². The van der Waals surface area contributed by atoms with Crippen molar-refractivity contribution in [2.75, 3.05) is 87.6 Å². The maximum absolute atomic E-state index is 12.5. The van der Waals surface area contributed by atoms with Crippen LogP contribution in [0.4, 0.5) is 21.0 Å². The number of ether oxygens (including phenoxy) is 7. The van der Waals surface area contributed by atoms with Crippen LogP contribution in [-0.2, 0) is 43.0 Å². The Morgan fingerprint density at radius 3 is 1.23 bits per heavy atom. The summed E-state index contributed by atoms with van der Waals surface area (Å²) in [6, 6.07) is 5.05. The van der Waals surface area contributed by atoms with Crippen molar-refractivity contribution >= 4 is 82.1 Å². The molecule has 438 valence electrons. The Morgan fingerprint density at radius 2 is 0.911 bits per heavy atom. The number of carbonyl (C=O) groups is 8. The van der Waals surface area contributed by atoms with E-state index in [1.165, 1.54) is 70.6 Å². The van der Waals surface area contributed by atoms with Crippen molar-refractivity contribution in [3.63, 3.8) is 0 Å². The van der Waals surface area contributed by atoms with Crippen molar-refractivity contribution < 1.29 is 111 Å². The zero-order valence-electron chi connectivity index (χ0n) is 45.8. The third-order valence-electron chi connectivity index (χ3n) is 11.3. The summed E-state index contributed by atoms with van der Waals surface area (Å²) in [6.07, 6.45) is -0.655. The van der Waals surface area contributed by atoms with Crippen LogP contribution in [0.3, 0.4) is 0 Å². The summed E-state index contributed by atoms with van der Waals surface area (Å²) in [4.78, 5) is 120. The van der Waals surface area contributed by atoms with Gasteiger partial charge in [0, 0.05) is 91.6 Å². The van der Waals surface area contributed by atoms with Crippen molar-refractivity contribution in [3.05, 3.63) is 55.6 Å². The average Bonchev–Trinajstić information content (AvgIpc) is 3.42. The largest absolute Gasteiger partial charge is 1.00 e. The number of Topliss-reactive ketones (excluding diaryl/α,β-unsaturated/α-hetero) is 2. The molecule has 0 saturated carbocycles. The number of hydrogen-bond acceptors (Lipinski definition) is 20. The van der Waals surface area contributed by atoms with Crippen LogP contribution < -0.4 is 48.4 Å². The summed E-state index contributed by atoms with van der Waals surface area (Å²) in [5, 5.41) is 37.4. The number of carboxylic acid groups (broad SMARTS) is 1. The number of benzene rings is 2. The van der Waals surface area contributed by atoms with Gasteiger partial charge in [-0.25, -0.2) is 9.59 Å².